The van der Waals surface area contributed by atoms with E-state index in [1.807, 2.05) is 0 Å². The van der Waals surface area contributed by atoms with Crippen molar-refractivity contribution in [3.05, 3.63) is 35.1 Å². The fourth-order valence-corrected chi connectivity index (χ4v) is 1.19. The van der Waals surface area contributed by atoms with E-state index in [9.17, 15) is 18.3 Å². The number of hydrogen-bond donors (Lipinski definition) is 2. The fourth-order valence-electron chi connectivity index (χ4n) is 1.19. The molecule has 0 saturated carbocycles. The standard InChI is InChI=1S/C12H16F3NO/c1-7(17)12(2,3)16-6-8-4-9(13)11(15)10(14)5-8/h4-5,7,16-17H,6H2,1-3H3. The van der Waals surface area contributed by atoms with Gasteiger partial charge in [0, 0.05) is 12.1 Å². The minimum Gasteiger partial charge on any atom is -0.392 e. The van der Waals surface area contributed by atoms with Gasteiger partial charge in [-0.05, 0) is 38.5 Å². The van der Waals surface area contributed by atoms with E-state index in [-0.39, 0.29) is 12.1 Å². The average Bonchev–Trinajstić information content (AvgIpc) is 2.22. The first-order valence-electron chi connectivity index (χ1n) is 5.30. The monoisotopic (exact) mass is 247 g/mol. The maximum Gasteiger partial charge on any atom is 0.194 e. The summed E-state index contributed by atoms with van der Waals surface area (Å²) in [5.41, 5.74) is -0.309. The van der Waals surface area contributed by atoms with E-state index in [0.717, 1.165) is 12.1 Å². The second-order valence-corrected chi connectivity index (χ2v) is 4.62. The van der Waals surface area contributed by atoms with Crippen molar-refractivity contribution in [1.29, 1.82) is 0 Å². The smallest absolute Gasteiger partial charge is 0.194 e. The summed E-state index contributed by atoms with van der Waals surface area (Å²) in [6.07, 6.45) is -0.627. The molecule has 0 aromatic heterocycles. The zero-order chi connectivity index (χ0) is 13.2. The first kappa shape index (κ1) is 14.0. The van der Waals surface area contributed by atoms with E-state index in [2.05, 4.69) is 5.32 Å². The Kier molecular flexibility index (Phi) is 4.16. The van der Waals surface area contributed by atoms with Crippen molar-refractivity contribution in [3.63, 3.8) is 0 Å². The van der Waals surface area contributed by atoms with E-state index in [1.165, 1.54) is 0 Å². The van der Waals surface area contributed by atoms with Gasteiger partial charge in [0.2, 0.25) is 0 Å². The van der Waals surface area contributed by atoms with Gasteiger partial charge in [-0.25, -0.2) is 13.2 Å². The number of hydrogen-bond acceptors (Lipinski definition) is 2. The Labute approximate surface area is 98.5 Å². The van der Waals surface area contributed by atoms with Crippen molar-refractivity contribution in [1.82, 2.24) is 5.32 Å². The molecule has 0 fully saturated rings. The normalized spacial score (nSPS) is 13.8. The van der Waals surface area contributed by atoms with Crippen LogP contribution in [0.1, 0.15) is 26.3 Å². The first-order valence-corrected chi connectivity index (χ1v) is 5.30. The van der Waals surface area contributed by atoms with Gasteiger partial charge in [0.15, 0.2) is 17.5 Å². The van der Waals surface area contributed by atoms with Crippen LogP contribution < -0.4 is 5.32 Å². The summed E-state index contributed by atoms with van der Waals surface area (Å²) in [6, 6.07) is 1.87. The zero-order valence-electron chi connectivity index (χ0n) is 10.0. The van der Waals surface area contributed by atoms with E-state index in [0.29, 0.717) is 0 Å². The highest BCUT2D eigenvalue weighted by molar-refractivity contribution is 5.19. The van der Waals surface area contributed by atoms with Crippen LogP contribution in [-0.4, -0.2) is 16.7 Å². The van der Waals surface area contributed by atoms with Crippen LogP contribution in [0.25, 0.3) is 0 Å². The SMILES string of the molecule is CC(O)C(C)(C)NCc1cc(F)c(F)c(F)c1. The molecule has 0 bridgehead atoms. The predicted molar refractivity (Wildman–Crippen MR) is 58.9 cm³/mol. The third kappa shape index (κ3) is 3.44. The number of aliphatic hydroxyl groups is 1. The van der Waals surface area contributed by atoms with Crippen LogP contribution in [0.5, 0.6) is 0 Å². The predicted octanol–water partition coefficient (Wildman–Crippen LogP) is 2.35. The molecule has 17 heavy (non-hydrogen) atoms. The summed E-state index contributed by atoms with van der Waals surface area (Å²) in [7, 11) is 0. The molecular weight excluding hydrogens is 231 g/mol. The lowest BCUT2D eigenvalue weighted by Crippen LogP contribution is -2.47. The van der Waals surface area contributed by atoms with E-state index >= 15 is 0 Å². The third-order valence-electron chi connectivity index (χ3n) is 2.84. The van der Waals surface area contributed by atoms with Crippen molar-refractivity contribution >= 4 is 0 Å². The molecule has 5 heteroatoms. The van der Waals surface area contributed by atoms with Gasteiger partial charge in [-0.15, -0.1) is 0 Å². The topological polar surface area (TPSA) is 32.3 Å². The highest BCUT2D eigenvalue weighted by Gasteiger charge is 2.23. The number of aliphatic hydroxyl groups excluding tert-OH is 1. The molecule has 1 rings (SSSR count). The lowest BCUT2D eigenvalue weighted by molar-refractivity contribution is 0.0956. The molecule has 0 aliphatic heterocycles. The Balaban J connectivity index is 2.77. The molecule has 1 unspecified atom stereocenters. The summed E-state index contributed by atoms with van der Waals surface area (Å²) in [6.45, 7) is 5.27. The number of halogens is 3. The van der Waals surface area contributed by atoms with Gasteiger partial charge in [-0.3, -0.25) is 0 Å². The van der Waals surface area contributed by atoms with Crippen LogP contribution in [-0.2, 0) is 6.54 Å². The van der Waals surface area contributed by atoms with Crippen molar-refractivity contribution in [2.75, 3.05) is 0 Å². The van der Waals surface area contributed by atoms with Gasteiger partial charge in [0.25, 0.3) is 0 Å². The summed E-state index contributed by atoms with van der Waals surface area (Å²) in [5, 5.41) is 12.4. The van der Waals surface area contributed by atoms with E-state index in [4.69, 9.17) is 0 Å². The quantitative estimate of drug-likeness (QED) is 0.800. The van der Waals surface area contributed by atoms with Crippen LogP contribution in [0.15, 0.2) is 12.1 Å². The van der Waals surface area contributed by atoms with Crippen LogP contribution in [0.4, 0.5) is 13.2 Å². The van der Waals surface area contributed by atoms with Crippen molar-refractivity contribution in [3.8, 4) is 0 Å². The summed E-state index contributed by atoms with van der Waals surface area (Å²) >= 11 is 0. The molecule has 1 aromatic carbocycles. The Morgan fingerprint density at radius 3 is 2.12 bits per heavy atom. The molecule has 1 aromatic rings. The van der Waals surface area contributed by atoms with Gasteiger partial charge < -0.3 is 10.4 Å². The average molecular weight is 247 g/mol. The fraction of sp³-hybridized carbons (Fsp3) is 0.500. The van der Waals surface area contributed by atoms with Crippen LogP contribution in [0, 0.1) is 17.5 Å². The number of rotatable bonds is 4. The first-order chi connectivity index (χ1) is 7.74. The second kappa shape index (κ2) is 5.06. The highest BCUT2D eigenvalue weighted by Crippen LogP contribution is 2.15. The Hall–Kier alpha value is -1.07. The maximum atomic E-state index is 12.9. The molecule has 2 N–H and O–H groups in total. The second-order valence-electron chi connectivity index (χ2n) is 4.62. The third-order valence-corrected chi connectivity index (χ3v) is 2.84. The highest BCUT2D eigenvalue weighted by atomic mass is 19.2. The minimum atomic E-state index is -1.47. The Morgan fingerprint density at radius 2 is 1.71 bits per heavy atom. The maximum absolute atomic E-state index is 12.9. The molecule has 0 aliphatic rings. The van der Waals surface area contributed by atoms with Crippen molar-refractivity contribution in [2.24, 2.45) is 0 Å². The molecule has 2 nitrogen and oxygen atoms in total. The summed E-state index contributed by atoms with van der Waals surface area (Å²) in [5.74, 6) is -3.89. The number of benzene rings is 1. The van der Waals surface area contributed by atoms with Crippen LogP contribution >= 0.6 is 0 Å². The molecule has 0 spiro atoms. The number of nitrogens with one attached hydrogen (secondary N) is 1. The lowest BCUT2D eigenvalue weighted by Gasteiger charge is -2.29. The molecule has 0 amide bonds. The largest absolute Gasteiger partial charge is 0.392 e. The molecule has 96 valence electrons. The van der Waals surface area contributed by atoms with Gasteiger partial charge in [0.1, 0.15) is 0 Å². The van der Waals surface area contributed by atoms with Gasteiger partial charge in [-0.1, -0.05) is 0 Å². The molecule has 0 aliphatic carbocycles. The lowest BCUT2D eigenvalue weighted by atomic mass is 9.98. The van der Waals surface area contributed by atoms with Gasteiger partial charge in [0.05, 0.1) is 6.10 Å². The van der Waals surface area contributed by atoms with Crippen molar-refractivity contribution < 1.29 is 18.3 Å². The minimum absolute atomic E-state index is 0.145. The molecule has 0 saturated heterocycles. The molecule has 1 atom stereocenters. The summed E-state index contributed by atoms with van der Waals surface area (Å²) in [4.78, 5) is 0. The van der Waals surface area contributed by atoms with Gasteiger partial charge >= 0.3 is 0 Å². The van der Waals surface area contributed by atoms with E-state index in [1.54, 1.807) is 20.8 Å². The van der Waals surface area contributed by atoms with E-state index < -0.39 is 29.1 Å². The van der Waals surface area contributed by atoms with Gasteiger partial charge in [-0.2, -0.15) is 0 Å². The summed E-state index contributed by atoms with van der Waals surface area (Å²) < 4.78 is 38.6. The van der Waals surface area contributed by atoms with Crippen LogP contribution in [0.2, 0.25) is 0 Å². The zero-order valence-corrected chi connectivity index (χ0v) is 10.0. The molecule has 0 radical (unpaired) electrons. The Morgan fingerprint density at radius 1 is 1.24 bits per heavy atom. The van der Waals surface area contributed by atoms with Crippen molar-refractivity contribution in [2.45, 2.75) is 39.0 Å². The van der Waals surface area contributed by atoms with Crippen LogP contribution in [0.3, 0.4) is 0 Å². The molecular formula is C12H16F3NO. The Bertz CT molecular complexity index is 382. The molecule has 0 heterocycles.